The van der Waals surface area contributed by atoms with Crippen LogP contribution in [0.4, 0.5) is 4.79 Å². The van der Waals surface area contributed by atoms with Crippen LogP contribution in [0.15, 0.2) is 0 Å². The Labute approximate surface area is 106 Å². The normalized spacial score (nSPS) is 20.1. The van der Waals surface area contributed by atoms with E-state index in [1.54, 1.807) is 4.72 Å². The molecule has 104 valence electrons. The van der Waals surface area contributed by atoms with Crippen molar-refractivity contribution in [2.75, 3.05) is 20.2 Å². The molecule has 18 heavy (non-hydrogen) atoms. The molecular formula is C9H18N4O4S. The van der Waals surface area contributed by atoms with Gasteiger partial charge in [0.1, 0.15) is 0 Å². The van der Waals surface area contributed by atoms with Crippen LogP contribution in [0.25, 0.3) is 0 Å². The first-order valence-corrected chi connectivity index (χ1v) is 6.85. The molecule has 0 aromatic carbocycles. The summed E-state index contributed by atoms with van der Waals surface area (Å²) in [4.78, 5) is 10.9. The third kappa shape index (κ3) is 3.10. The predicted molar refractivity (Wildman–Crippen MR) is 65.3 cm³/mol. The van der Waals surface area contributed by atoms with Crippen LogP contribution in [0.3, 0.4) is 0 Å². The van der Waals surface area contributed by atoms with Crippen molar-refractivity contribution in [3.8, 4) is 0 Å². The highest BCUT2D eigenvalue weighted by Gasteiger charge is 2.37. The highest BCUT2D eigenvalue weighted by Crippen LogP contribution is 2.31. The molecule has 0 saturated carbocycles. The fourth-order valence-electron chi connectivity index (χ4n) is 1.70. The van der Waals surface area contributed by atoms with E-state index < -0.39 is 21.7 Å². The standard InChI is InChI=1S/C9H18N4O4S/c1-9(7(10)11)3-5-13(6-4-9)18(15,16)12-8(14)17-2/h3-6H2,1-2H3,(H3,10,11)(H,12,14). The SMILES string of the molecule is COC(=O)NS(=O)(=O)N1CCC(C)(C(=N)N)CC1. The number of amides is 1. The summed E-state index contributed by atoms with van der Waals surface area (Å²) in [5, 5.41) is 7.47. The van der Waals surface area contributed by atoms with Crippen LogP contribution in [0, 0.1) is 10.8 Å². The molecule has 1 aliphatic heterocycles. The molecule has 1 aliphatic rings. The van der Waals surface area contributed by atoms with Gasteiger partial charge in [-0.25, -0.2) is 9.52 Å². The first-order valence-electron chi connectivity index (χ1n) is 5.41. The molecule has 0 aromatic heterocycles. The molecule has 8 nitrogen and oxygen atoms in total. The van der Waals surface area contributed by atoms with E-state index in [1.807, 2.05) is 6.92 Å². The number of hydrogen-bond acceptors (Lipinski definition) is 5. The predicted octanol–water partition coefficient (Wildman–Crippen LogP) is -0.375. The Kier molecular flexibility index (Phi) is 4.17. The van der Waals surface area contributed by atoms with Gasteiger partial charge in [-0.2, -0.15) is 12.7 Å². The van der Waals surface area contributed by atoms with Gasteiger partial charge >= 0.3 is 16.3 Å². The second-order valence-corrected chi connectivity index (χ2v) is 6.14. The van der Waals surface area contributed by atoms with Gasteiger partial charge in [-0.05, 0) is 12.8 Å². The molecule has 1 fully saturated rings. The molecule has 1 rings (SSSR count). The fourth-order valence-corrected chi connectivity index (χ4v) is 2.79. The minimum atomic E-state index is -3.87. The van der Waals surface area contributed by atoms with E-state index in [-0.39, 0.29) is 18.9 Å². The molecule has 0 radical (unpaired) electrons. The van der Waals surface area contributed by atoms with Crippen LogP contribution < -0.4 is 10.5 Å². The highest BCUT2D eigenvalue weighted by molar-refractivity contribution is 7.87. The summed E-state index contributed by atoms with van der Waals surface area (Å²) in [5.41, 5.74) is 5.01. The maximum Gasteiger partial charge on any atom is 0.421 e. The number of piperidine rings is 1. The summed E-state index contributed by atoms with van der Waals surface area (Å²) >= 11 is 0. The molecule has 0 bridgehead atoms. The summed E-state index contributed by atoms with van der Waals surface area (Å²) < 4.78 is 30.7. The molecule has 0 unspecified atom stereocenters. The molecule has 1 saturated heterocycles. The van der Waals surface area contributed by atoms with Crippen LogP contribution in [0.5, 0.6) is 0 Å². The molecule has 0 aliphatic carbocycles. The largest absolute Gasteiger partial charge is 0.452 e. The molecule has 0 spiro atoms. The van der Waals surface area contributed by atoms with Crippen molar-refractivity contribution in [2.45, 2.75) is 19.8 Å². The smallest absolute Gasteiger partial charge is 0.421 e. The average Bonchev–Trinajstić information content (AvgIpc) is 2.28. The van der Waals surface area contributed by atoms with Crippen LogP contribution in [0.1, 0.15) is 19.8 Å². The van der Waals surface area contributed by atoms with Crippen molar-refractivity contribution in [1.82, 2.24) is 9.03 Å². The zero-order valence-corrected chi connectivity index (χ0v) is 11.2. The Morgan fingerprint density at radius 1 is 1.44 bits per heavy atom. The van der Waals surface area contributed by atoms with Crippen molar-refractivity contribution in [3.05, 3.63) is 0 Å². The van der Waals surface area contributed by atoms with E-state index in [9.17, 15) is 13.2 Å². The summed E-state index contributed by atoms with van der Waals surface area (Å²) in [6.45, 7) is 2.25. The fraction of sp³-hybridized carbons (Fsp3) is 0.778. The summed E-state index contributed by atoms with van der Waals surface area (Å²) in [6, 6.07) is 0. The number of nitrogens with two attached hydrogens (primary N) is 1. The van der Waals surface area contributed by atoms with Crippen LogP contribution in [-0.4, -0.2) is 44.9 Å². The zero-order chi connectivity index (χ0) is 14.0. The molecule has 1 amide bonds. The van der Waals surface area contributed by atoms with Crippen LogP contribution in [0.2, 0.25) is 0 Å². The van der Waals surface area contributed by atoms with Gasteiger partial charge in [-0.3, -0.25) is 5.41 Å². The van der Waals surface area contributed by atoms with Crippen molar-refractivity contribution in [3.63, 3.8) is 0 Å². The summed E-state index contributed by atoms with van der Waals surface area (Å²) in [6.07, 6.45) is -0.121. The Morgan fingerprint density at radius 2 is 1.94 bits per heavy atom. The van der Waals surface area contributed by atoms with Crippen molar-refractivity contribution >= 4 is 22.1 Å². The number of amidine groups is 1. The lowest BCUT2D eigenvalue weighted by Crippen LogP contribution is -2.51. The van der Waals surface area contributed by atoms with Gasteiger partial charge in [-0.1, -0.05) is 6.92 Å². The number of carbonyl (C=O) groups excluding carboxylic acids is 1. The topological polar surface area (TPSA) is 126 Å². The van der Waals surface area contributed by atoms with Gasteiger partial charge in [0, 0.05) is 18.5 Å². The van der Waals surface area contributed by atoms with E-state index in [0.717, 1.165) is 11.4 Å². The van der Waals surface area contributed by atoms with Gasteiger partial charge in [0.05, 0.1) is 12.9 Å². The Morgan fingerprint density at radius 3 is 2.33 bits per heavy atom. The lowest BCUT2D eigenvalue weighted by molar-refractivity contribution is 0.175. The van der Waals surface area contributed by atoms with Crippen molar-refractivity contribution in [1.29, 1.82) is 5.41 Å². The maximum absolute atomic E-state index is 11.8. The lowest BCUT2D eigenvalue weighted by Gasteiger charge is -2.37. The van der Waals surface area contributed by atoms with Crippen molar-refractivity contribution < 1.29 is 17.9 Å². The van der Waals surface area contributed by atoms with E-state index in [2.05, 4.69) is 4.74 Å². The molecule has 4 N–H and O–H groups in total. The monoisotopic (exact) mass is 278 g/mol. The number of rotatable bonds is 3. The highest BCUT2D eigenvalue weighted by atomic mass is 32.2. The average molecular weight is 278 g/mol. The van der Waals surface area contributed by atoms with Crippen LogP contribution in [-0.2, 0) is 14.9 Å². The Hall–Kier alpha value is -1.35. The number of methoxy groups -OCH3 is 1. The first kappa shape index (κ1) is 14.7. The first-order chi connectivity index (χ1) is 8.21. The number of carbonyl (C=O) groups is 1. The third-order valence-corrected chi connectivity index (χ3v) is 4.68. The van der Waals surface area contributed by atoms with E-state index >= 15 is 0 Å². The minimum Gasteiger partial charge on any atom is -0.452 e. The van der Waals surface area contributed by atoms with Gasteiger partial charge in [0.15, 0.2) is 0 Å². The van der Waals surface area contributed by atoms with Gasteiger partial charge in [0.25, 0.3) is 0 Å². The minimum absolute atomic E-state index is 0.0560. The van der Waals surface area contributed by atoms with Crippen molar-refractivity contribution in [2.24, 2.45) is 11.1 Å². The van der Waals surface area contributed by atoms with Gasteiger partial charge in [0.2, 0.25) is 0 Å². The molecular weight excluding hydrogens is 260 g/mol. The molecule has 9 heteroatoms. The number of nitrogens with one attached hydrogen (secondary N) is 2. The molecule has 0 atom stereocenters. The van der Waals surface area contributed by atoms with E-state index in [0.29, 0.717) is 12.8 Å². The lowest BCUT2D eigenvalue weighted by atomic mass is 9.80. The van der Waals surface area contributed by atoms with E-state index in [4.69, 9.17) is 11.1 Å². The number of nitrogens with zero attached hydrogens (tertiary/aromatic N) is 1. The quantitative estimate of drug-likeness (QED) is 0.479. The number of ether oxygens (including phenoxy) is 1. The number of hydrogen-bond donors (Lipinski definition) is 3. The van der Waals surface area contributed by atoms with Crippen LogP contribution >= 0.6 is 0 Å². The molecule has 1 heterocycles. The van der Waals surface area contributed by atoms with E-state index in [1.165, 1.54) is 0 Å². The second kappa shape index (κ2) is 5.11. The maximum atomic E-state index is 11.8. The third-order valence-electron chi connectivity index (χ3n) is 3.21. The summed E-state index contributed by atoms with van der Waals surface area (Å²) in [5.74, 6) is 0.0560. The molecule has 0 aromatic rings. The second-order valence-electron chi connectivity index (χ2n) is 4.47. The summed E-state index contributed by atoms with van der Waals surface area (Å²) in [7, 11) is -2.78. The van der Waals surface area contributed by atoms with Gasteiger partial charge in [-0.15, -0.1) is 0 Å². The zero-order valence-electron chi connectivity index (χ0n) is 10.4. The Balaban J connectivity index is 2.68. The Bertz CT molecular complexity index is 439. The van der Waals surface area contributed by atoms with Gasteiger partial charge < -0.3 is 10.5 Å².